The zero-order valence-corrected chi connectivity index (χ0v) is 15.0. The van der Waals surface area contributed by atoms with Crippen molar-refractivity contribution < 1.29 is 14.1 Å². The normalized spacial score (nSPS) is 10.7. The Morgan fingerprint density at radius 1 is 1.36 bits per heavy atom. The monoisotopic (exact) mass is 380 g/mol. The van der Waals surface area contributed by atoms with Gasteiger partial charge in [-0.25, -0.2) is 4.98 Å². The Bertz CT molecular complexity index is 1050. The van der Waals surface area contributed by atoms with Crippen molar-refractivity contribution in [2.45, 2.75) is 13.5 Å². The topological polar surface area (TPSA) is 128 Å². The van der Waals surface area contributed by atoms with Gasteiger partial charge in [-0.15, -0.1) is 0 Å². The van der Waals surface area contributed by atoms with Crippen LogP contribution in [-0.4, -0.2) is 39.1 Å². The molecule has 2 heterocycles. The summed E-state index contributed by atoms with van der Waals surface area (Å²) in [4.78, 5) is 25.1. The van der Waals surface area contributed by atoms with Gasteiger partial charge in [-0.2, -0.15) is 10.2 Å². The Hall–Kier alpha value is -4.00. The van der Waals surface area contributed by atoms with E-state index in [-0.39, 0.29) is 24.7 Å². The maximum Gasteiger partial charge on any atom is 0.257 e. The highest BCUT2D eigenvalue weighted by atomic mass is 16.6. The van der Waals surface area contributed by atoms with Crippen LogP contribution in [0.1, 0.15) is 11.5 Å². The van der Waals surface area contributed by atoms with Crippen LogP contribution in [0, 0.1) is 18.3 Å². The highest BCUT2D eigenvalue weighted by molar-refractivity contribution is 5.58. The molecule has 0 fully saturated rings. The van der Waals surface area contributed by atoms with Crippen molar-refractivity contribution in [1.29, 1.82) is 5.26 Å². The molecule has 1 aromatic carbocycles. The van der Waals surface area contributed by atoms with Crippen molar-refractivity contribution >= 4 is 6.21 Å². The van der Waals surface area contributed by atoms with E-state index in [1.165, 1.54) is 23.2 Å². The minimum Gasteiger partial charge on any atom is -0.471 e. The van der Waals surface area contributed by atoms with Crippen LogP contribution >= 0.6 is 0 Å². The van der Waals surface area contributed by atoms with Crippen LogP contribution in [0.4, 0.5) is 0 Å². The predicted molar refractivity (Wildman–Crippen MR) is 97.6 cm³/mol. The largest absolute Gasteiger partial charge is 0.471 e. The van der Waals surface area contributed by atoms with Crippen LogP contribution in [-0.2, 0) is 11.4 Å². The molecule has 0 N–H and O–H groups in total. The molecule has 0 radical (unpaired) electrons. The summed E-state index contributed by atoms with van der Waals surface area (Å²) in [6.07, 6.45) is 2.74. The second kappa shape index (κ2) is 9.09. The molecule has 28 heavy (non-hydrogen) atoms. The van der Waals surface area contributed by atoms with E-state index < -0.39 is 0 Å². The zero-order chi connectivity index (χ0) is 19.8. The number of benzene rings is 1. The Kier molecular flexibility index (Phi) is 6.10. The van der Waals surface area contributed by atoms with Gasteiger partial charge in [0.15, 0.2) is 0 Å². The molecule has 0 aliphatic heterocycles. The number of nitriles is 1. The minimum absolute atomic E-state index is 0.0684. The number of aromatic nitrogens is 4. The summed E-state index contributed by atoms with van der Waals surface area (Å²) in [6.45, 7) is 2.02. The van der Waals surface area contributed by atoms with E-state index in [1.807, 2.05) is 24.3 Å². The molecular formula is C18H16N6O4. The van der Waals surface area contributed by atoms with Crippen molar-refractivity contribution in [3.63, 3.8) is 0 Å². The van der Waals surface area contributed by atoms with Crippen molar-refractivity contribution in [3.05, 3.63) is 58.5 Å². The van der Waals surface area contributed by atoms with Gasteiger partial charge in [0, 0.05) is 12.5 Å². The van der Waals surface area contributed by atoms with Crippen LogP contribution in [0.25, 0.3) is 11.4 Å². The maximum absolute atomic E-state index is 12.2. The molecule has 2 aromatic heterocycles. The smallest absolute Gasteiger partial charge is 0.257 e. The van der Waals surface area contributed by atoms with E-state index in [1.54, 1.807) is 13.0 Å². The molecule has 0 atom stereocenters. The van der Waals surface area contributed by atoms with Gasteiger partial charge in [-0.05, 0) is 5.56 Å². The van der Waals surface area contributed by atoms with Crippen LogP contribution in [0.15, 0.2) is 51.1 Å². The molecule has 10 nitrogen and oxygen atoms in total. The van der Waals surface area contributed by atoms with E-state index in [4.69, 9.17) is 14.5 Å². The lowest BCUT2D eigenvalue weighted by molar-refractivity contribution is 0.178. The predicted octanol–water partition coefficient (Wildman–Crippen LogP) is 1.55. The highest BCUT2D eigenvalue weighted by Crippen LogP contribution is 2.16. The van der Waals surface area contributed by atoms with Crippen molar-refractivity contribution in [3.8, 4) is 23.3 Å². The third-order valence-corrected chi connectivity index (χ3v) is 3.53. The van der Waals surface area contributed by atoms with Crippen molar-refractivity contribution in [2.24, 2.45) is 5.16 Å². The molecule has 0 spiro atoms. The molecule has 3 rings (SSSR count). The molecule has 10 heteroatoms. The van der Waals surface area contributed by atoms with E-state index >= 15 is 0 Å². The molecule has 0 bridgehead atoms. The molecule has 0 amide bonds. The van der Waals surface area contributed by atoms with Crippen LogP contribution < -0.4 is 10.3 Å². The van der Waals surface area contributed by atoms with Gasteiger partial charge >= 0.3 is 0 Å². The quantitative estimate of drug-likeness (QED) is 0.327. The second-order valence-electron chi connectivity index (χ2n) is 5.56. The Labute approximate surface area is 159 Å². The number of aryl methyl sites for hydroxylation is 1. The first-order chi connectivity index (χ1) is 13.7. The van der Waals surface area contributed by atoms with Gasteiger partial charge in [0.2, 0.25) is 24.2 Å². The lowest BCUT2D eigenvalue weighted by Crippen LogP contribution is -2.20. The maximum atomic E-state index is 12.2. The summed E-state index contributed by atoms with van der Waals surface area (Å²) in [5, 5.41) is 15.7. The Morgan fingerprint density at radius 2 is 2.18 bits per heavy atom. The van der Waals surface area contributed by atoms with Gasteiger partial charge in [-0.3, -0.25) is 9.36 Å². The summed E-state index contributed by atoms with van der Waals surface area (Å²) < 4.78 is 11.7. The summed E-state index contributed by atoms with van der Waals surface area (Å²) in [5.41, 5.74) is 1.50. The third-order valence-electron chi connectivity index (χ3n) is 3.53. The summed E-state index contributed by atoms with van der Waals surface area (Å²) >= 11 is 0. The van der Waals surface area contributed by atoms with E-state index in [0.29, 0.717) is 18.3 Å². The third kappa shape index (κ3) is 5.01. The van der Waals surface area contributed by atoms with Crippen molar-refractivity contribution in [2.75, 3.05) is 13.2 Å². The lowest BCUT2D eigenvalue weighted by atomic mass is 10.1. The number of rotatable bonds is 8. The number of oxime groups is 1. The number of hydrogen-bond donors (Lipinski definition) is 0. The minimum atomic E-state index is -0.250. The molecule has 0 saturated carbocycles. The second-order valence-corrected chi connectivity index (χ2v) is 5.56. The fourth-order valence-electron chi connectivity index (χ4n) is 2.25. The first-order valence-corrected chi connectivity index (χ1v) is 8.25. The fraction of sp³-hybridized carbons (Fsp3) is 0.222. The zero-order valence-electron chi connectivity index (χ0n) is 15.0. The summed E-state index contributed by atoms with van der Waals surface area (Å²) in [7, 11) is 0. The van der Waals surface area contributed by atoms with Gasteiger partial charge in [0.1, 0.15) is 19.0 Å². The average Bonchev–Trinajstić information content (AvgIpc) is 3.13. The number of ether oxygens (including phenoxy) is 1. The Balaban J connectivity index is 1.59. The standard InChI is InChI=1S/C18H16N6O4/c1-13-22-18(23-28-13)15-4-2-14(3-5-15)11-24-12-20-16(10-17(24)25)26-9-7-21-27-8-6-19/h2-5,7,10,12H,8-9,11H2,1H3. The SMILES string of the molecule is Cc1nc(-c2ccc(Cn3cnc(OCC=NOCC#N)cc3=O)cc2)no1. The van der Waals surface area contributed by atoms with Crippen LogP contribution in [0.2, 0.25) is 0 Å². The van der Waals surface area contributed by atoms with E-state index in [9.17, 15) is 4.79 Å². The fourth-order valence-corrected chi connectivity index (χ4v) is 2.25. The van der Waals surface area contributed by atoms with Crippen molar-refractivity contribution in [1.82, 2.24) is 19.7 Å². The summed E-state index contributed by atoms with van der Waals surface area (Å²) in [6, 6.07) is 10.6. The number of nitrogens with zero attached hydrogens (tertiary/aromatic N) is 6. The molecule has 0 unspecified atom stereocenters. The van der Waals surface area contributed by atoms with E-state index in [0.717, 1.165) is 11.1 Å². The molecule has 3 aromatic rings. The first-order valence-electron chi connectivity index (χ1n) is 8.25. The Morgan fingerprint density at radius 3 is 2.86 bits per heavy atom. The number of hydrogen-bond acceptors (Lipinski definition) is 9. The first kappa shape index (κ1) is 18.8. The highest BCUT2D eigenvalue weighted by Gasteiger charge is 2.06. The molecule has 0 saturated heterocycles. The summed E-state index contributed by atoms with van der Waals surface area (Å²) in [5.74, 6) is 1.20. The van der Waals surface area contributed by atoms with Gasteiger partial charge in [0.25, 0.3) is 5.56 Å². The molecule has 0 aliphatic rings. The van der Waals surface area contributed by atoms with Gasteiger partial charge < -0.3 is 14.1 Å². The van der Waals surface area contributed by atoms with E-state index in [2.05, 4.69) is 25.1 Å². The van der Waals surface area contributed by atoms with Gasteiger partial charge in [-0.1, -0.05) is 34.6 Å². The molecule has 0 aliphatic carbocycles. The molecule has 142 valence electrons. The van der Waals surface area contributed by atoms with Crippen LogP contribution in [0.3, 0.4) is 0 Å². The van der Waals surface area contributed by atoms with Gasteiger partial charge in [0.05, 0.1) is 18.8 Å². The molecular weight excluding hydrogens is 364 g/mol. The van der Waals surface area contributed by atoms with Crippen LogP contribution in [0.5, 0.6) is 5.88 Å². The lowest BCUT2D eigenvalue weighted by Gasteiger charge is -2.07. The average molecular weight is 380 g/mol.